The fourth-order valence-corrected chi connectivity index (χ4v) is 3.39. The van der Waals surface area contributed by atoms with E-state index < -0.39 is 0 Å². The standard InChI is InChI=1S/C24H34S/c1-8-9-10-11-22(17-24(25-7)21(6)18(2)3)14-15-23-13-12-19(4)20(5)16-23/h12-13,16-17,22H,8-9,14-15H2,1-7H3/b24-17+. The van der Waals surface area contributed by atoms with E-state index in [-0.39, 0.29) is 0 Å². The van der Waals surface area contributed by atoms with Crippen molar-refractivity contribution in [3.63, 3.8) is 0 Å². The molecule has 0 spiro atoms. The lowest BCUT2D eigenvalue weighted by Gasteiger charge is -2.12. The molecule has 1 atom stereocenters. The Labute approximate surface area is 160 Å². The molecule has 0 heterocycles. The Bertz CT molecular complexity index is 676. The van der Waals surface area contributed by atoms with Crippen molar-refractivity contribution in [1.29, 1.82) is 0 Å². The van der Waals surface area contributed by atoms with Crippen molar-refractivity contribution in [1.82, 2.24) is 0 Å². The molecule has 1 unspecified atom stereocenters. The van der Waals surface area contributed by atoms with Crippen LogP contribution in [0.1, 0.15) is 63.6 Å². The summed E-state index contributed by atoms with van der Waals surface area (Å²) in [5, 5.41) is 0. The maximum absolute atomic E-state index is 3.51. The summed E-state index contributed by atoms with van der Waals surface area (Å²) in [4.78, 5) is 1.37. The summed E-state index contributed by atoms with van der Waals surface area (Å²) in [5.74, 6) is 7.21. The van der Waals surface area contributed by atoms with Gasteiger partial charge in [0, 0.05) is 17.2 Å². The molecule has 0 radical (unpaired) electrons. The van der Waals surface area contributed by atoms with E-state index in [0.717, 1.165) is 25.7 Å². The van der Waals surface area contributed by atoms with Crippen LogP contribution in [0.3, 0.4) is 0 Å². The summed E-state index contributed by atoms with van der Waals surface area (Å²) in [6.07, 6.45) is 8.83. The topological polar surface area (TPSA) is 0 Å². The van der Waals surface area contributed by atoms with Crippen molar-refractivity contribution >= 4 is 11.8 Å². The SMILES string of the molecule is CCCC#CC(/C=C(/SC)C(C)=C(C)C)CCc1ccc(C)c(C)c1. The van der Waals surface area contributed by atoms with E-state index in [0.29, 0.717) is 5.92 Å². The number of rotatable bonds is 7. The van der Waals surface area contributed by atoms with Crippen LogP contribution in [-0.4, -0.2) is 6.26 Å². The first-order chi connectivity index (χ1) is 11.9. The number of allylic oxidation sites excluding steroid dienone is 3. The van der Waals surface area contributed by atoms with Gasteiger partial charge in [-0.05, 0) is 82.4 Å². The van der Waals surface area contributed by atoms with Gasteiger partial charge in [0.15, 0.2) is 0 Å². The molecule has 0 bridgehead atoms. The van der Waals surface area contributed by atoms with Crippen LogP contribution >= 0.6 is 11.8 Å². The van der Waals surface area contributed by atoms with Crippen LogP contribution in [0.25, 0.3) is 0 Å². The number of thioether (sulfide) groups is 1. The number of benzene rings is 1. The average Bonchev–Trinajstić information content (AvgIpc) is 2.59. The van der Waals surface area contributed by atoms with Gasteiger partial charge in [-0.15, -0.1) is 17.7 Å². The maximum atomic E-state index is 3.51. The van der Waals surface area contributed by atoms with Crippen LogP contribution < -0.4 is 0 Å². The van der Waals surface area contributed by atoms with Gasteiger partial charge in [0.2, 0.25) is 0 Å². The van der Waals surface area contributed by atoms with Gasteiger partial charge < -0.3 is 0 Å². The van der Waals surface area contributed by atoms with Crippen LogP contribution in [0.5, 0.6) is 0 Å². The quantitative estimate of drug-likeness (QED) is 0.367. The van der Waals surface area contributed by atoms with E-state index >= 15 is 0 Å². The molecule has 0 aromatic heterocycles. The minimum atomic E-state index is 0.324. The van der Waals surface area contributed by atoms with E-state index in [1.807, 2.05) is 11.8 Å². The Hall–Kier alpha value is -1.39. The normalized spacial score (nSPS) is 12.4. The predicted octanol–water partition coefficient (Wildman–Crippen LogP) is 7.26. The third-order valence-electron chi connectivity index (χ3n) is 4.67. The lowest BCUT2D eigenvalue weighted by molar-refractivity contribution is 0.725. The Morgan fingerprint density at radius 1 is 1.16 bits per heavy atom. The molecule has 0 aliphatic carbocycles. The summed E-state index contributed by atoms with van der Waals surface area (Å²) >= 11 is 1.84. The molecule has 0 aliphatic rings. The summed E-state index contributed by atoms with van der Waals surface area (Å²) in [6.45, 7) is 13.2. The van der Waals surface area contributed by atoms with E-state index in [4.69, 9.17) is 0 Å². The zero-order valence-electron chi connectivity index (χ0n) is 17.1. The molecule has 136 valence electrons. The highest BCUT2D eigenvalue weighted by Crippen LogP contribution is 2.27. The second-order valence-electron chi connectivity index (χ2n) is 6.99. The highest BCUT2D eigenvalue weighted by molar-refractivity contribution is 8.02. The van der Waals surface area contributed by atoms with Crippen LogP contribution in [0.4, 0.5) is 0 Å². The summed E-state index contributed by atoms with van der Waals surface area (Å²) in [5.41, 5.74) is 6.94. The monoisotopic (exact) mass is 354 g/mol. The molecule has 0 saturated carbocycles. The molecule has 0 saturated heterocycles. The molecule has 0 N–H and O–H groups in total. The van der Waals surface area contributed by atoms with Crippen molar-refractivity contribution in [2.24, 2.45) is 5.92 Å². The van der Waals surface area contributed by atoms with E-state index in [1.165, 1.54) is 32.7 Å². The number of aryl methyl sites for hydroxylation is 3. The largest absolute Gasteiger partial charge is 0.130 e. The summed E-state index contributed by atoms with van der Waals surface area (Å²) in [6, 6.07) is 6.82. The van der Waals surface area contributed by atoms with Gasteiger partial charge in [0.05, 0.1) is 0 Å². The first-order valence-corrected chi connectivity index (χ1v) is 10.6. The van der Waals surface area contributed by atoms with E-state index in [2.05, 4.69) is 83.9 Å². The molecule has 1 aromatic rings. The van der Waals surface area contributed by atoms with Crippen molar-refractivity contribution in [2.75, 3.05) is 6.26 Å². The Morgan fingerprint density at radius 2 is 1.88 bits per heavy atom. The minimum Gasteiger partial charge on any atom is -0.130 e. The second kappa shape index (κ2) is 11.3. The number of hydrogen-bond donors (Lipinski definition) is 0. The van der Waals surface area contributed by atoms with Gasteiger partial charge in [-0.1, -0.05) is 42.7 Å². The lowest BCUT2D eigenvalue weighted by Crippen LogP contribution is -1.99. The molecule has 1 aromatic carbocycles. The highest BCUT2D eigenvalue weighted by atomic mass is 32.2. The Balaban J connectivity index is 2.98. The number of hydrogen-bond acceptors (Lipinski definition) is 1. The van der Waals surface area contributed by atoms with Crippen LogP contribution in [0.2, 0.25) is 0 Å². The molecular formula is C24H34S. The first kappa shape index (κ1) is 21.7. The molecule has 1 rings (SSSR count). The van der Waals surface area contributed by atoms with Crippen LogP contribution in [0, 0.1) is 31.6 Å². The van der Waals surface area contributed by atoms with E-state index in [9.17, 15) is 0 Å². The fourth-order valence-electron chi connectivity index (χ4n) is 2.58. The average molecular weight is 355 g/mol. The molecule has 0 nitrogen and oxygen atoms in total. The van der Waals surface area contributed by atoms with Crippen molar-refractivity contribution in [3.8, 4) is 11.8 Å². The predicted molar refractivity (Wildman–Crippen MR) is 116 cm³/mol. The van der Waals surface area contributed by atoms with Gasteiger partial charge in [-0.3, -0.25) is 0 Å². The van der Waals surface area contributed by atoms with Crippen LogP contribution in [0.15, 0.2) is 40.3 Å². The zero-order chi connectivity index (χ0) is 18.8. The van der Waals surface area contributed by atoms with Gasteiger partial charge >= 0.3 is 0 Å². The van der Waals surface area contributed by atoms with E-state index in [1.54, 1.807) is 0 Å². The van der Waals surface area contributed by atoms with Crippen molar-refractivity contribution < 1.29 is 0 Å². The summed E-state index contributed by atoms with van der Waals surface area (Å²) < 4.78 is 0. The Kier molecular flexibility index (Phi) is 9.76. The highest BCUT2D eigenvalue weighted by Gasteiger charge is 2.08. The van der Waals surface area contributed by atoms with Gasteiger partial charge in [-0.2, -0.15) is 0 Å². The molecule has 25 heavy (non-hydrogen) atoms. The third-order valence-corrected chi connectivity index (χ3v) is 5.55. The second-order valence-corrected chi connectivity index (χ2v) is 7.84. The first-order valence-electron chi connectivity index (χ1n) is 9.33. The zero-order valence-corrected chi connectivity index (χ0v) is 17.9. The molecule has 0 fully saturated rings. The molecular weight excluding hydrogens is 320 g/mol. The Morgan fingerprint density at radius 3 is 2.44 bits per heavy atom. The lowest BCUT2D eigenvalue weighted by atomic mass is 9.96. The van der Waals surface area contributed by atoms with Crippen molar-refractivity contribution in [2.45, 2.75) is 67.2 Å². The van der Waals surface area contributed by atoms with Crippen LogP contribution in [-0.2, 0) is 6.42 Å². The molecule has 0 aliphatic heterocycles. The third kappa shape index (κ3) is 7.57. The van der Waals surface area contributed by atoms with Crippen molar-refractivity contribution in [3.05, 3.63) is 57.0 Å². The smallest absolute Gasteiger partial charge is 0.0399 e. The van der Waals surface area contributed by atoms with Gasteiger partial charge in [0.25, 0.3) is 0 Å². The maximum Gasteiger partial charge on any atom is 0.0399 e. The summed E-state index contributed by atoms with van der Waals surface area (Å²) in [7, 11) is 0. The minimum absolute atomic E-state index is 0.324. The molecule has 1 heteroatoms. The number of unbranched alkanes of at least 4 members (excludes halogenated alkanes) is 1. The molecule has 0 amide bonds. The van der Waals surface area contributed by atoms with Gasteiger partial charge in [0.1, 0.15) is 0 Å². The van der Waals surface area contributed by atoms with Gasteiger partial charge in [-0.25, -0.2) is 0 Å². The fraction of sp³-hybridized carbons (Fsp3) is 0.500.